The molecule has 0 bridgehead atoms. The zero-order valence-electron chi connectivity index (χ0n) is 21.3. The molecule has 192 valence electrons. The first-order valence-corrected chi connectivity index (χ1v) is 12.2. The van der Waals surface area contributed by atoms with Gasteiger partial charge in [0.2, 0.25) is 18.6 Å². The van der Waals surface area contributed by atoms with Crippen LogP contribution in [-0.4, -0.2) is 43.7 Å². The maximum atomic E-state index is 14.1. The fraction of sp³-hybridized carbons (Fsp3) is 0.333. The van der Waals surface area contributed by atoms with Crippen LogP contribution >= 0.6 is 0 Å². The van der Waals surface area contributed by atoms with Crippen LogP contribution < -0.4 is 19.7 Å². The molecular weight excluding hydrogens is 472 g/mol. The van der Waals surface area contributed by atoms with Gasteiger partial charge in [0.1, 0.15) is 12.1 Å². The molecule has 0 fully saturated rings. The molecule has 5 rings (SSSR count). The predicted octanol–water partition coefficient (Wildman–Crippen LogP) is 3.58. The first-order valence-electron chi connectivity index (χ1n) is 12.2. The SMILES string of the molecule is CCC(C)(C)NC(=O)[C@@H](c1cccn1C)N(C(=O)Cn1nnc2ccccc21)c1ccc2c(c1)OCO2. The number of rotatable bonds is 8. The number of hydrogen-bond donors (Lipinski definition) is 1. The molecule has 0 aliphatic carbocycles. The Morgan fingerprint density at radius 3 is 2.65 bits per heavy atom. The van der Waals surface area contributed by atoms with Crippen LogP contribution in [-0.2, 0) is 23.2 Å². The molecule has 1 atom stereocenters. The Hall–Kier alpha value is -4.34. The van der Waals surface area contributed by atoms with Crippen LogP contribution in [0, 0.1) is 0 Å². The van der Waals surface area contributed by atoms with E-state index >= 15 is 0 Å². The third kappa shape index (κ3) is 4.74. The highest BCUT2D eigenvalue weighted by Crippen LogP contribution is 2.38. The van der Waals surface area contributed by atoms with E-state index in [0.29, 0.717) is 28.4 Å². The Balaban J connectivity index is 1.61. The lowest BCUT2D eigenvalue weighted by atomic mass is 10.00. The standard InChI is InChI=1S/C27H30N6O4/c1-5-27(2,3)28-26(35)25(21-11-8-14-31(21)4)33(18-12-13-22-23(15-18)37-17-36-22)24(34)16-32-20-10-7-6-9-19(20)29-30-32/h6-15,25H,5,16-17H2,1-4H3,(H,28,35)/t25-/m1/s1. The number of carbonyl (C=O) groups excluding carboxylic acids is 2. The number of para-hydroxylation sites is 1. The van der Waals surface area contributed by atoms with Crippen LogP contribution in [0.3, 0.4) is 0 Å². The summed E-state index contributed by atoms with van der Waals surface area (Å²) < 4.78 is 14.5. The Labute approximate surface area is 214 Å². The Kier molecular flexibility index (Phi) is 6.32. The number of anilines is 1. The van der Waals surface area contributed by atoms with E-state index in [9.17, 15) is 9.59 Å². The number of benzene rings is 2. The molecule has 37 heavy (non-hydrogen) atoms. The van der Waals surface area contributed by atoms with Crippen molar-refractivity contribution in [2.75, 3.05) is 11.7 Å². The Morgan fingerprint density at radius 1 is 1.11 bits per heavy atom. The van der Waals surface area contributed by atoms with Crippen molar-refractivity contribution < 1.29 is 19.1 Å². The molecule has 3 heterocycles. The fourth-order valence-electron chi connectivity index (χ4n) is 4.34. The third-order valence-corrected chi connectivity index (χ3v) is 6.72. The van der Waals surface area contributed by atoms with Crippen LogP contribution in [0.1, 0.15) is 38.9 Å². The van der Waals surface area contributed by atoms with Crippen molar-refractivity contribution in [2.45, 2.75) is 45.3 Å². The van der Waals surface area contributed by atoms with Crippen molar-refractivity contribution >= 4 is 28.5 Å². The van der Waals surface area contributed by atoms with Crippen LogP contribution in [0.25, 0.3) is 11.0 Å². The van der Waals surface area contributed by atoms with Gasteiger partial charge in [0.25, 0.3) is 0 Å². The smallest absolute Gasteiger partial charge is 0.249 e. The molecule has 2 amide bonds. The van der Waals surface area contributed by atoms with Gasteiger partial charge in [0.05, 0.1) is 11.2 Å². The highest BCUT2D eigenvalue weighted by Gasteiger charge is 2.37. The molecule has 0 saturated carbocycles. The zero-order chi connectivity index (χ0) is 26.2. The number of ether oxygens (including phenoxy) is 2. The summed E-state index contributed by atoms with van der Waals surface area (Å²) >= 11 is 0. The fourth-order valence-corrected chi connectivity index (χ4v) is 4.34. The number of nitrogens with one attached hydrogen (secondary N) is 1. The van der Waals surface area contributed by atoms with Gasteiger partial charge in [-0.1, -0.05) is 24.3 Å². The summed E-state index contributed by atoms with van der Waals surface area (Å²) in [4.78, 5) is 29.6. The van der Waals surface area contributed by atoms with E-state index in [-0.39, 0.29) is 25.2 Å². The van der Waals surface area contributed by atoms with Gasteiger partial charge in [-0.15, -0.1) is 5.10 Å². The number of hydrogen-bond acceptors (Lipinski definition) is 6. The van der Waals surface area contributed by atoms with Crippen LogP contribution in [0.4, 0.5) is 5.69 Å². The highest BCUT2D eigenvalue weighted by molar-refractivity contribution is 6.01. The minimum atomic E-state index is -0.950. The van der Waals surface area contributed by atoms with E-state index in [2.05, 4.69) is 15.6 Å². The van der Waals surface area contributed by atoms with Gasteiger partial charge in [0, 0.05) is 30.5 Å². The number of aromatic nitrogens is 4. The van der Waals surface area contributed by atoms with E-state index in [1.54, 1.807) is 22.9 Å². The summed E-state index contributed by atoms with van der Waals surface area (Å²) in [6.45, 7) is 5.92. The van der Waals surface area contributed by atoms with Gasteiger partial charge in [-0.05, 0) is 56.7 Å². The van der Waals surface area contributed by atoms with E-state index < -0.39 is 11.6 Å². The van der Waals surface area contributed by atoms with E-state index in [0.717, 1.165) is 11.9 Å². The first kappa shape index (κ1) is 24.4. The predicted molar refractivity (Wildman–Crippen MR) is 138 cm³/mol. The number of amides is 2. The van der Waals surface area contributed by atoms with Crippen LogP contribution in [0.15, 0.2) is 60.8 Å². The molecule has 4 aromatic rings. The van der Waals surface area contributed by atoms with Crippen LogP contribution in [0.5, 0.6) is 11.5 Å². The molecule has 10 nitrogen and oxygen atoms in total. The van der Waals surface area contributed by atoms with Crippen molar-refractivity contribution in [3.05, 3.63) is 66.5 Å². The molecule has 1 aliphatic rings. The summed E-state index contributed by atoms with van der Waals surface area (Å²) in [5, 5.41) is 11.5. The average molecular weight is 503 g/mol. The monoisotopic (exact) mass is 502 g/mol. The largest absolute Gasteiger partial charge is 0.454 e. The van der Waals surface area contributed by atoms with Crippen molar-refractivity contribution in [2.24, 2.45) is 7.05 Å². The summed E-state index contributed by atoms with van der Waals surface area (Å²) in [5.41, 5.74) is 2.12. The molecule has 1 N–H and O–H groups in total. The molecule has 2 aromatic carbocycles. The van der Waals surface area contributed by atoms with E-state index in [4.69, 9.17) is 9.47 Å². The zero-order valence-corrected chi connectivity index (χ0v) is 21.3. The number of fused-ring (bicyclic) bond motifs is 2. The highest BCUT2D eigenvalue weighted by atomic mass is 16.7. The van der Waals surface area contributed by atoms with Gasteiger partial charge in [-0.2, -0.15) is 0 Å². The summed E-state index contributed by atoms with van der Waals surface area (Å²) in [5.74, 6) is 0.486. The molecule has 0 unspecified atom stereocenters. The number of nitrogens with zero attached hydrogens (tertiary/aromatic N) is 5. The van der Waals surface area contributed by atoms with Gasteiger partial charge < -0.3 is 19.4 Å². The second kappa shape index (κ2) is 9.61. The van der Waals surface area contributed by atoms with E-state index in [1.165, 1.54) is 4.90 Å². The number of carbonyl (C=O) groups is 2. The van der Waals surface area contributed by atoms with Crippen molar-refractivity contribution in [1.29, 1.82) is 0 Å². The first-order chi connectivity index (χ1) is 17.8. The normalized spacial score (nSPS) is 13.5. The van der Waals surface area contributed by atoms with Gasteiger partial charge >= 0.3 is 0 Å². The number of aryl methyl sites for hydroxylation is 1. The summed E-state index contributed by atoms with van der Waals surface area (Å²) in [6, 6.07) is 15.4. The average Bonchev–Trinajstić information content (AvgIpc) is 3.62. The second-order valence-electron chi connectivity index (χ2n) is 9.71. The second-order valence-corrected chi connectivity index (χ2v) is 9.71. The van der Waals surface area contributed by atoms with Crippen molar-refractivity contribution in [3.63, 3.8) is 0 Å². The van der Waals surface area contributed by atoms with Gasteiger partial charge in [0.15, 0.2) is 17.5 Å². The molecule has 0 radical (unpaired) electrons. The maximum absolute atomic E-state index is 14.1. The lowest BCUT2D eigenvalue weighted by Crippen LogP contribution is -2.51. The maximum Gasteiger partial charge on any atom is 0.249 e. The minimum absolute atomic E-state index is 0.101. The Bertz CT molecular complexity index is 1460. The lowest BCUT2D eigenvalue weighted by molar-refractivity contribution is -0.128. The molecule has 2 aromatic heterocycles. The van der Waals surface area contributed by atoms with Gasteiger partial charge in [-0.3, -0.25) is 14.5 Å². The van der Waals surface area contributed by atoms with Crippen LogP contribution in [0.2, 0.25) is 0 Å². The quantitative estimate of drug-likeness (QED) is 0.395. The third-order valence-electron chi connectivity index (χ3n) is 6.72. The lowest BCUT2D eigenvalue weighted by Gasteiger charge is -2.34. The molecule has 10 heteroatoms. The topological polar surface area (TPSA) is 104 Å². The van der Waals surface area contributed by atoms with Gasteiger partial charge in [-0.25, -0.2) is 4.68 Å². The van der Waals surface area contributed by atoms with Crippen molar-refractivity contribution in [3.8, 4) is 11.5 Å². The summed E-state index contributed by atoms with van der Waals surface area (Å²) in [7, 11) is 1.85. The molecule has 1 aliphatic heterocycles. The summed E-state index contributed by atoms with van der Waals surface area (Å²) in [6.07, 6.45) is 2.58. The van der Waals surface area contributed by atoms with Crippen molar-refractivity contribution in [1.82, 2.24) is 24.9 Å². The Morgan fingerprint density at radius 2 is 1.89 bits per heavy atom. The molecule has 0 saturated heterocycles. The molecule has 0 spiro atoms. The van der Waals surface area contributed by atoms with E-state index in [1.807, 2.05) is 75.0 Å². The minimum Gasteiger partial charge on any atom is -0.454 e. The molecular formula is C27H30N6O4.